The van der Waals surface area contributed by atoms with Crippen molar-refractivity contribution in [1.29, 1.82) is 0 Å². The Morgan fingerprint density at radius 1 is 1.35 bits per heavy atom. The molecule has 0 aromatic heterocycles. The zero-order valence-electron chi connectivity index (χ0n) is 11.9. The van der Waals surface area contributed by atoms with Crippen LogP contribution in [-0.4, -0.2) is 34.5 Å². The zero-order valence-corrected chi connectivity index (χ0v) is 12.7. The van der Waals surface area contributed by atoms with Crippen LogP contribution in [0.1, 0.15) is 13.8 Å². The molecule has 1 unspecified atom stereocenters. The van der Waals surface area contributed by atoms with Crippen molar-refractivity contribution in [2.24, 2.45) is 5.92 Å². The normalized spacial score (nSPS) is 18.9. The van der Waals surface area contributed by atoms with Crippen LogP contribution in [0.25, 0.3) is 0 Å². The number of carbonyl (C=O) groups is 1. The van der Waals surface area contributed by atoms with E-state index in [9.17, 15) is 13.2 Å². The second-order valence-corrected chi connectivity index (χ2v) is 6.90. The fraction of sp³-hybridized carbons (Fsp3) is 0.462. The molecule has 1 aliphatic rings. The molecule has 110 valence electrons. The highest BCUT2D eigenvalue weighted by atomic mass is 32.2. The number of likely N-dealkylation sites (N-methyl/N-ethyl adjacent to an activating group) is 1. The quantitative estimate of drug-likeness (QED) is 0.902. The number of amides is 1. The van der Waals surface area contributed by atoms with Crippen LogP contribution >= 0.6 is 0 Å². The van der Waals surface area contributed by atoms with E-state index in [2.05, 4.69) is 4.72 Å². The Balaban J connectivity index is 2.49. The number of rotatable bonds is 3. The highest BCUT2D eigenvalue weighted by Gasteiger charge is 2.34. The van der Waals surface area contributed by atoms with Crippen molar-refractivity contribution in [1.82, 2.24) is 4.72 Å². The average molecular weight is 298 g/mol. The number of hydrogen-bond donors (Lipinski definition) is 1. The Hall–Kier alpha value is -1.60. The number of sulfonamides is 1. The minimum atomic E-state index is -3.55. The summed E-state index contributed by atoms with van der Waals surface area (Å²) in [4.78, 5) is 13.7. The van der Waals surface area contributed by atoms with Crippen LogP contribution in [0.4, 0.5) is 5.69 Å². The van der Waals surface area contributed by atoms with Crippen LogP contribution in [0.15, 0.2) is 23.1 Å². The van der Waals surface area contributed by atoms with E-state index < -0.39 is 16.1 Å². The lowest BCUT2D eigenvalue weighted by Gasteiger charge is -2.34. The average Bonchev–Trinajstić information content (AvgIpc) is 2.42. The van der Waals surface area contributed by atoms with Crippen molar-refractivity contribution < 1.29 is 17.9 Å². The third-order valence-corrected chi connectivity index (χ3v) is 4.72. The van der Waals surface area contributed by atoms with E-state index in [1.165, 1.54) is 24.1 Å². The van der Waals surface area contributed by atoms with Gasteiger partial charge in [0.25, 0.3) is 5.91 Å². The summed E-state index contributed by atoms with van der Waals surface area (Å²) in [6.07, 6.45) is -0.542. The lowest BCUT2D eigenvalue weighted by molar-refractivity contribution is -0.127. The SMILES string of the molecule is CNS(=O)(=O)c1ccc2c(c1)N(C)C(=O)C(C(C)C)O2. The molecule has 0 bridgehead atoms. The van der Waals surface area contributed by atoms with Crippen molar-refractivity contribution in [3.05, 3.63) is 18.2 Å². The summed E-state index contributed by atoms with van der Waals surface area (Å²) in [7, 11) is -0.584. The lowest BCUT2D eigenvalue weighted by atomic mass is 10.0. The molecule has 0 spiro atoms. The van der Waals surface area contributed by atoms with Crippen molar-refractivity contribution in [3.63, 3.8) is 0 Å². The summed E-state index contributed by atoms with van der Waals surface area (Å²) in [5, 5.41) is 0. The summed E-state index contributed by atoms with van der Waals surface area (Å²) in [5.41, 5.74) is 0.461. The summed E-state index contributed by atoms with van der Waals surface area (Å²) in [5.74, 6) is 0.381. The third-order valence-electron chi connectivity index (χ3n) is 3.30. The maximum absolute atomic E-state index is 12.2. The van der Waals surface area contributed by atoms with E-state index in [-0.39, 0.29) is 16.7 Å². The van der Waals surface area contributed by atoms with Gasteiger partial charge in [0, 0.05) is 7.05 Å². The molecule has 0 radical (unpaired) electrons. The molecule has 1 atom stereocenters. The summed E-state index contributed by atoms with van der Waals surface area (Å²) in [6.45, 7) is 3.81. The Kier molecular flexibility index (Phi) is 3.75. The van der Waals surface area contributed by atoms with Crippen molar-refractivity contribution in [2.45, 2.75) is 24.8 Å². The largest absolute Gasteiger partial charge is 0.478 e. The predicted molar refractivity (Wildman–Crippen MR) is 75.4 cm³/mol. The van der Waals surface area contributed by atoms with Gasteiger partial charge in [0.1, 0.15) is 5.75 Å². The lowest BCUT2D eigenvalue weighted by Crippen LogP contribution is -2.46. The molecule has 0 saturated heterocycles. The van der Waals surface area contributed by atoms with Crippen LogP contribution in [0.3, 0.4) is 0 Å². The molecule has 1 N–H and O–H groups in total. The highest BCUT2D eigenvalue weighted by Crippen LogP contribution is 2.36. The second kappa shape index (κ2) is 5.06. The number of fused-ring (bicyclic) bond motifs is 1. The van der Waals surface area contributed by atoms with Gasteiger partial charge < -0.3 is 9.64 Å². The molecule has 1 aliphatic heterocycles. The van der Waals surface area contributed by atoms with E-state index in [0.717, 1.165) is 0 Å². The van der Waals surface area contributed by atoms with Crippen molar-refractivity contribution in [3.8, 4) is 5.75 Å². The van der Waals surface area contributed by atoms with E-state index in [1.54, 1.807) is 13.1 Å². The number of benzene rings is 1. The Bertz CT molecular complexity index is 640. The summed E-state index contributed by atoms with van der Waals surface area (Å²) >= 11 is 0. The molecule has 0 saturated carbocycles. The summed E-state index contributed by atoms with van der Waals surface area (Å²) < 4.78 is 31.5. The monoisotopic (exact) mass is 298 g/mol. The fourth-order valence-electron chi connectivity index (χ4n) is 2.06. The molecule has 1 aromatic carbocycles. The van der Waals surface area contributed by atoms with Crippen molar-refractivity contribution in [2.75, 3.05) is 19.0 Å². The first-order valence-corrected chi connectivity index (χ1v) is 7.78. The molecule has 0 fully saturated rings. The van der Waals surface area contributed by atoms with Gasteiger partial charge in [-0.05, 0) is 31.2 Å². The van der Waals surface area contributed by atoms with Gasteiger partial charge in [-0.3, -0.25) is 4.79 Å². The maximum Gasteiger partial charge on any atom is 0.268 e. The zero-order chi connectivity index (χ0) is 15.1. The van der Waals surface area contributed by atoms with Gasteiger partial charge >= 0.3 is 0 Å². The van der Waals surface area contributed by atoms with Crippen LogP contribution in [0.2, 0.25) is 0 Å². The molecule has 20 heavy (non-hydrogen) atoms. The van der Waals surface area contributed by atoms with E-state index in [1.807, 2.05) is 13.8 Å². The number of nitrogens with one attached hydrogen (secondary N) is 1. The Labute approximate surface area is 118 Å². The third kappa shape index (κ3) is 2.38. The fourth-order valence-corrected chi connectivity index (χ4v) is 2.81. The van der Waals surface area contributed by atoms with E-state index >= 15 is 0 Å². The number of nitrogens with zero attached hydrogens (tertiary/aromatic N) is 1. The molecule has 2 rings (SSSR count). The first kappa shape index (κ1) is 14.8. The Morgan fingerprint density at radius 2 is 2.00 bits per heavy atom. The van der Waals surface area contributed by atoms with Crippen LogP contribution < -0.4 is 14.4 Å². The highest BCUT2D eigenvalue weighted by molar-refractivity contribution is 7.89. The molecule has 6 nitrogen and oxygen atoms in total. The first-order chi connectivity index (χ1) is 9.27. The number of ether oxygens (including phenoxy) is 1. The maximum atomic E-state index is 12.2. The molecule has 7 heteroatoms. The molecule has 1 amide bonds. The molecule has 1 heterocycles. The second-order valence-electron chi connectivity index (χ2n) is 5.02. The number of hydrogen-bond acceptors (Lipinski definition) is 4. The van der Waals surface area contributed by atoms with Crippen LogP contribution in [0, 0.1) is 5.92 Å². The van der Waals surface area contributed by atoms with Gasteiger partial charge in [0.05, 0.1) is 10.6 Å². The molecular weight excluding hydrogens is 280 g/mol. The topological polar surface area (TPSA) is 75.7 Å². The van der Waals surface area contributed by atoms with Gasteiger partial charge in [-0.2, -0.15) is 0 Å². The molecular formula is C13H18N2O4S. The minimum absolute atomic E-state index is 0.0406. The summed E-state index contributed by atoms with van der Waals surface area (Å²) in [6, 6.07) is 4.49. The van der Waals surface area contributed by atoms with Gasteiger partial charge in [-0.25, -0.2) is 13.1 Å². The van der Waals surface area contributed by atoms with E-state index in [0.29, 0.717) is 11.4 Å². The van der Waals surface area contributed by atoms with Gasteiger partial charge in [-0.15, -0.1) is 0 Å². The van der Waals surface area contributed by atoms with Crippen LogP contribution in [0.5, 0.6) is 5.75 Å². The standard InChI is InChI=1S/C13H18N2O4S/c1-8(2)12-13(16)15(4)10-7-9(20(17,18)14-3)5-6-11(10)19-12/h5-8,12,14H,1-4H3. The molecule has 1 aromatic rings. The number of carbonyl (C=O) groups excluding carboxylic acids is 1. The predicted octanol–water partition coefficient (Wildman–Crippen LogP) is 0.974. The van der Waals surface area contributed by atoms with Gasteiger partial charge in [0.2, 0.25) is 10.0 Å². The first-order valence-electron chi connectivity index (χ1n) is 6.29. The van der Waals surface area contributed by atoms with E-state index in [4.69, 9.17) is 4.74 Å². The molecule has 0 aliphatic carbocycles. The van der Waals surface area contributed by atoms with Gasteiger partial charge in [0.15, 0.2) is 6.10 Å². The van der Waals surface area contributed by atoms with Crippen LogP contribution in [-0.2, 0) is 14.8 Å². The van der Waals surface area contributed by atoms with Gasteiger partial charge in [-0.1, -0.05) is 13.8 Å². The minimum Gasteiger partial charge on any atom is -0.478 e. The Morgan fingerprint density at radius 3 is 2.55 bits per heavy atom. The van der Waals surface area contributed by atoms with Crippen molar-refractivity contribution >= 4 is 21.6 Å². The smallest absolute Gasteiger partial charge is 0.268 e. The number of anilines is 1.